The fourth-order valence-electron chi connectivity index (χ4n) is 0.727. The minimum atomic E-state index is -2.17. The van der Waals surface area contributed by atoms with Crippen LogP contribution in [0.5, 0.6) is 0 Å². The van der Waals surface area contributed by atoms with Gasteiger partial charge in [0.1, 0.15) is 0 Å². The molecule has 0 atom stereocenters. The first kappa shape index (κ1) is 16.1. The van der Waals surface area contributed by atoms with Gasteiger partial charge in [0.05, 0.1) is 0 Å². The van der Waals surface area contributed by atoms with Gasteiger partial charge in [0.15, 0.2) is 17.5 Å². The largest absolute Gasteiger partial charge is 0.496 e. The van der Waals surface area contributed by atoms with E-state index in [4.69, 9.17) is 13.3 Å². The predicted octanol–water partition coefficient (Wildman–Crippen LogP) is 2.60. The second kappa shape index (κ2) is 7.44. The third-order valence-corrected chi connectivity index (χ3v) is 4.24. The van der Waals surface area contributed by atoms with Crippen molar-refractivity contribution in [2.24, 2.45) is 0 Å². The van der Waals surface area contributed by atoms with Crippen LogP contribution in [0.25, 0.3) is 0 Å². The van der Waals surface area contributed by atoms with Gasteiger partial charge in [0.2, 0.25) is 0 Å². The van der Waals surface area contributed by atoms with Crippen LogP contribution in [0.1, 0.15) is 0 Å². The molecule has 3 nitrogen and oxygen atoms in total. The SMILES string of the molecule is CO[Si](C)(OC)OC.Fc1cccc(F)c1F. The van der Waals surface area contributed by atoms with Gasteiger partial charge in [0, 0.05) is 27.9 Å². The van der Waals surface area contributed by atoms with Crippen molar-refractivity contribution >= 4 is 8.80 Å². The van der Waals surface area contributed by atoms with Crippen LogP contribution in [0, 0.1) is 17.5 Å². The molecule has 0 unspecified atom stereocenters. The Hall–Kier alpha value is -0.893. The molecular formula is C10H15F3O3Si. The van der Waals surface area contributed by atoms with Gasteiger partial charge in [-0.25, -0.2) is 13.2 Å². The van der Waals surface area contributed by atoms with Crippen molar-refractivity contribution in [2.75, 3.05) is 21.3 Å². The van der Waals surface area contributed by atoms with Crippen molar-refractivity contribution < 1.29 is 26.4 Å². The third kappa shape index (κ3) is 5.31. The normalized spacial score (nSPS) is 10.8. The lowest BCUT2D eigenvalue weighted by molar-refractivity contribution is 0.132. The zero-order valence-electron chi connectivity index (χ0n) is 10.1. The molecule has 0 aliphatic carbocycles. The fourth-order valence-corrected chi connectivity index (χ4v) is 1.23. The van der Waals surface area contributed by atoms with E-state index in [1.807, 2.05) is 6.55 Å². The van der Waals surface area contributed by atoms with E-state index in [1.54, 1.807) is 21.3 Å². The number of hydrogen-bond donors (Lipinski definition) is 0. The maximum absolute atomic E-state index is 12.0. The van der Waals surface area contributed by atoms with Gasteiger partial charge in [-0.15, -0.1) is 0 Å². The monoisotopic (exact) mass is 268 g/mol. The minimum absolute atomic E-state index is 0.860. The zero-order chi connectivity index (χ0) is 13.5. The molecule has 0 bridgehead atoms. The van der Waals surface area contributed by atoms with Crippen molar-refractivity contribution in [3.63, 3.8) is 0 Å². The molecular weight excluding hydrogens is 253 g/mol. The molecule has 0 radical (unpaired) electrons. The Morgan fingerprint density at radius 2 is 1.24 bits per heavy atom. The van der Waals surface area contributed by atoms with Gasteiger partial charge < -0.3 is 13.3 Å². The highest BCUT2D eigenvalue weighted by molar-refractivity contribution is 6.58. The Balaban J connectivity index is 0.000000304. The molecule has 0 spiro atoms. The molecule has 1 aromatic rings. The van der Waals surface area contributed by atoms with Crippen LogP contribution in [-0.2, 0) is 13.3 Å². The number of rotatable bonds is 3. The average Bonchev–Trinajstić information content (AvgIpc) is 2.35. The molecule has 0 aliphatic heterocycles. The molecule has 0 aromatic heterocycles. The maximum atomic E-state index is 12.0. The summed E-state index contributed by atoms with van der Waals surface area (Å²) in [5, 5.41) is 0. The van der Waals surface area contributed by atoms with Crippen molar-refractivity contribution in [3.8, 4) is 0 Å². The highest BCUT2D eigenvalue weighted by Crippen LogP contribution is 2.07. The summed E-state index contributed by atoms with van der Waals surface area (Å²) in [5.41, 5.74) is 0. The minimum Gasteiger partial charge on any atom is -0.377 e. The summed E-state index contributed by atoms with van der Waals surface area (Å²) in [6.45, 7) is 1.83. The van der Waals surface area contributed by atoms with E-state index >= 15 is 0 Å². The lowest BCUT2D eigenvalue weighted by atomic mass is 10.3. The van der Waals surface area contributed by atoms with Crippen LogP contribution < -0.4 is 0 Å². The van der Waals surface area contributed by atoms with Crippen LogP contribution in [0.3, 0.4) is 0 Å². The molecule has 0 N–H and O–H groups in total. The van der Waals surface area contributed by atoms with Gasteiger partial charge in [0.25, 0.3) is 0 Å². The summed E-state index contributed by atoms with van der Waals surface area (Å²) in [4.78, 5) is 0. The molecule has 0 saturated heterocycles. The Morgan fingerprint density at radius 1 is 0.882 bits per heavy atom. The van der Waals surface area contributed by atoms with E-state index < -0.39 is 26.3 Å². The number of halogens is 3. The van der Waals surface area contributed by atoms with Gasteiger partial charge in [-0.2, -0.15) is 0 Å². The Morgan fingerprint density at radius 3 is 1.41 bits per heavy atom. The molecule has 1 aromatic carbocycles. The number of hydrogen-bond acceptors (Lipinski definition) is 3. The smallest absolute Gasteiger partial charge is 0.377 e. The highest BCUT2D eigenvalue weighted by atomic mass is 28.4. The summed E-state index contributed by atoms with van der Waals surface area (Å²) in [6.07, 6.45) is 0. The van der Waals surface area contributed by atoms with Crippen molar-refractivity contribution in [1.82, 2.24) is 0 Å². The van der Waals surface area contributed by atoms with Gasteiger partial charge in [-0.05, 0) is 12.1 Å². The number of benzene rings is 1. The summed E-state index contributed by atoms with van der Waals surface area (Å²) >= 11 is 0. The average molecular weight is 268 g/mol. The van der Waals surface area contributed by atoms with Gasteiger partial charge in [-0.3, -0.25) is 0 Å². The molecule has 7 heteroatoms. The van der Waals surface area contributed by atoms with Crippen LogP contribution in [-0.4, -0.2) is 30.1 Å². The summed E-state index contributed by atoms with van der Waals surface area (Å²) in [7, 11) is 2.58. The van der Waals surface area contributed by atoms with E-state index in [2.05, 4.69) is 0 Å². The first-order valence-corrected chi connectivity index (χ1v) is 6.87. The molecule has 0 heterocycles. The lowest BCUT2D eigenvalue weighted by Gasteiger charge is -2.18. The van der Waals surface area contributed by atoms with E-state index in [0.29, 0.717) is 0 Å². The first-order valence-electron chi connectivity index (χ1n) is 4.65. The quantitative estimate of drug-likeness (QED) is 0.623. The molecule has 0 saturated carbocycles. The fraction of sp³-hybridized carbons (Fsp3) is 0.400. The molecule has 0 amide bonds. The predicted molar refractivity (Wildman–Crippen MR) is 59.0 cm³/mol. The van der Waals surface area contributed by atoms with Crippen LogP contribution in [0.4, 0.5) is 13.2 Å². The van der Waals surface area contributed by atoms with Crippen molar-refractivity contribution in [2.45, 2.75) is 6.55 Å². The maximum Gasteiger partial charge on any atom is 0.496 e. The topological polar surface area (TPSA) is 27.7 Å². The Labute approximate surface area is 99.5 Å². The van der Waals surface area contributed by atoms with E-state index in [-0.39, 0.29) is 0 Å². The Kier molecular flexibility index (Phi) is 7.05. The standard InChI is InChI=1S/C6H3F3.C4H12O3Si/c7-4-2-1-3-5(8)6(4)9;1-5-8(4,6-2)7-3/h1-3H;1-4H3. The zero-order valence-corrected chi connectivity index (χ0v) is 11.1. The first-order chi connectivity index (χ1) is 7.90. The third-order valence-electron chi connectivity index (χ3n) is 2.02. The summed E-state index contributed by atoms with van der Waals surface area (Å²) in [5.74, 6) is -3.73. The Bertz CT molecular complexity index is 317. The van der Waals surface area contributed by atoms with Gasteiger partial charge >= 0.3 is 8.80 Å². The van der Waals surface area contributed by atoms with Crippen LogP contribution in [0.2, 0.25) is 6.55 Å². The van der Waals surface area contributed by atoms with Gasteiger partial charge in [-0.1, -0.05) is 6.07 Å². The second-order valence-electron chi connectivity index (χ2n) is 3.01. The highest BCUT2D eigenvalue weighted by Gasteiger charge is 2.29. The van der Waals surface area contributed by atoms with E-state index in [0.717, 1.165) is 18.2 Å². The molecule has 17 heavy (non-hydrogen) atoms. The second-order valence-corrected chi connectivity index (χ2v) is 5.96. The van der Waals surface area contributed by atoms with Crippen LogP contribution in [0.15, 0.2) is 18.2 Å². The van der Waals surface area contributed by atoms with Crippen LogP contribution >= 0.6 is 0 Å². The van der Waals surface area contributed by atoms with E-state index in [9.17, 15) is 13.2 Å². The summed E-state index contributed by atoms with van der Waals surface area (Å²) in [6, 6.07) is 2.82. The van der Waals surface area contributed by atoms with Crippen molar-refractivity contribution in [1.29, 1.82) is 0 Å². The van der Waals surface area contributed by atoms with E-state index in [1.165, 1.54) is 0 Å². The summed E-state index contributed by atoms with van der Waals surface area (Å²) < 4.78 is 50.7. The van der Waals surface area contributed by atoms with Crippen molar-refractivity contribution in [3.05, 3.63) is 35.7 Å². The molecule has 0 aliphatic rings. The molecule has 98 valence electrons. The lowest BCUT2D eigenvalue weighted by Crippen LogP contribution is -2.38. The molecule has 1 rings (SSSR count). The molecule has 0 fully saturated rings.